The van der Waals surface area contributed by atoms with Crippen LogP contribution in [0.3, 0.4) is 0 Å². The Morgan fingerprint density at radius 1 is 1.67 bits per heavy atom. The van der Waals surface area contributed by atoms with Crippen molar-refractivity contribution in [3.05, 3.63) is 32.6 Å². The highest BCUT2D eigenvalue weighted by molar-refractivity contribution is 9.11. The van der Waals surface area contributed by atoms with Crippen molar-refractivity contribution in [3.63, 3.8) is 0 Å². The van der Waals surface area contributed by atoms with Crippen LogP contribution in [0.15, 0.2) is 22.1 Å². The quantitative estimate of drug-likeness (QED) is 0.901. The Hall–Kier alpha value is -0.810. The fourth-order valence-electron chi connectivity index (χ4n) is 1.86. The molecule has 0 spiro atoms. The largest absolute Gasteiger partial charge is 0.375 e. The van der Waals surface area contributed by atoms with Gasteiger partial charge in [0.05, 0.1) is 11.2 Å². The maximum atomic E-state index is 12.2. The molecule has 1 saturated carbocycles. The van der Waals surface area contributed by atoms with Crippen molar-refractivity contribution in [2.75, 3.05) is 11.9 Å². The molecule has 0 unspecified atom stereocenters. The van der Waals surface area contributed by atoms with E-state index in [2.05, 4.69) is 32.9 Å². The molecule has 0 aromatic carbocycles. The summed E-state index contributed by atoms with van der Waals surface area (Å²) in [6.07, 6.45) is 5.12. The monoisotopic (exact) mass is 331 g/mol. The smallest absolute Gasteiger partial charge is 0.291 e. The lowest BCUT2D eigenvalue weighted by molar-refractivity contribution is 0.262. The highest BCUT2D eigenvalue weighted by Gasteiger charge is 2.20. The zero-order valence-electron chi connectivity index (χ0n) is 9.96. The van der Waals surface area contributed by atoms with E-state index in [1.54, 1.807) is 0 Å². The van der Waals surface area contributed by atoms with Crippen molar-refractivity contribution < 1.29 is 0 Å². The first kappa shape index (κ1) is 13.6. The van der Waals surface area contributed by atoms with Gasteiger partial charge in [-0.1, -0.05) is 40.5 Å². The molecule has 0 amide bonds. The van der Waals surface area contributed by atoms with E-state index in [0.29, 0.717) is 29.7 Å². The molecule has 0 bridgehead atoms. The molecule has 4 nitrogen and oxygen atoms in total. The van der Waals surface area contributed by atoms with Gasteiger partial charge in [0.15, 0.2) is 0 Å². The molecule has 0 saturated heterocycles. The van der Waals surface area contributed by atoms with E-state index in [1.807, 2.05) is 0 Å². The molecule has 1 heterocycles. The lowest BCUT2D eigenvalue weighted by Gasteiger charge is -2.25. The second-order valence-corrected chi connectivity index (χ2v) is 6.05. The normalized spacial score (nSPS) is 15.2. The minimum absolute atomic E-state index is 0.164. The van der Waals surface area contributed by atoms with E-state index >= 15 is 0 Å². The van der Waals surface area contributed by atoms with Crippen molar-refractivity contribution in [1.82, 2.24) is 9.78 Å². The van der Waals surface area contributed by atoms with Crippen molar-refractivity contribution in [3.8, 4) is 0 Å². The van der Waals surface area contributed by atoms with Gasteiger partial charge in [-0.3, -0.25) is 4.79 Å². The van der Waals surface area contributed by atoms with Gasteiger partial charge in [-0.05, 0) is 18.8 Å². The Morgan fingerprint density at radius 2 is 2.39 bits per heavy atom. The Kier molecular flexibility index (Phi) is 4.45. The van der Waals surface area contributed by atoms with Gasteiger partial charge in [0, 0.05) is 17.6 Å². The molecular formula is C12H15BrClN3O. The van der Waals surface area contributed by atoms with Crippen LogP contribution in [0.25, 0.3) is 0 Å². The Morgan fingerprint density at radius 3 is 2.94 bits per heavy atom. The van der Waals surface area contributed by atoms with Gasteiger partial charge in [0.2, 0.25) is 0 Å². The van der Waals surface area contributed by atoms with Gasteiger partial charge in [0.25, 0.3) is 5.56 Å². The summed E-state index contributed by atoms with van der Waals surface area (Å²) in [6.45, 7) is 4.85. The average Bonchev–Trinajstić information content (AvgIpc) is 2.25. The predicted molar refractivity (Wildman–Crippen MR) is 77.4 cm³/mol. The maximum Gasteiger partial charge on any atom is 0.291 e. The zero-order valence-corrected chi connectivity index (χ0v) is 12.3. The maximum absolute atomic E-state index is 12.2. The van der Waals surface area contributed by atoms with Crippen molar-refractivity contribution >= 4 is 33.2 Å². The third kappa shape index (κ3) is 3.14. The summed E-state index contributed by atoms with van der Waals surface area (Å²) in [5.41, 5.74) is 0.231. The molecule has 98 valence electrons. The van der Waals surface area contributed by atoms with Gasteiger partial charge in [-0.25, -0.2) is 4.68 Å². The third-order valence-corrected chi connectivity index (χ3v) is 3.68. The molecule has 1 aliphatic rings. The molecule has 1 aliphatic carbocycles. The van der Waals surface area contributed by atoms with Crippen LogP contribution >= 0.6 is 27.5 Å². The molecule has 0 aliphatic heterocycles. The molecule has 1 fully saturated rings. The fraction of sp³-hybridized carbons (Fsp3) is 0.500. The first-order valence-electron chi connectivity index (χ1n) is 5.90. The molecular weight excluding hydrogens is 318 g/mol. The third-order valence-electron chi connectivity index (χ3n) is 3.11. The summed E-state index contributed by atoms with van der Waals surface area (Å²) in [7, 11) is 0. The summed E-state index contributed by atoms with van der Waals surface area (Å²) in [5, 5.41) is 7.41. The average molecular weight is 333 g/mol. The standard InChI is InChI=1S/C12H15BrClN3O/c1-8(13)5-15-11-10(14)6-16-17(12(11)18)7-9-3-2-4-9/h6,9,15H,1-5,7H2. The van der Waals surface area contributed by atoms with E-state index in [1.165, 1.54) is 30.1 Å². The number of halogens is 2. The molecule has 2 rings (SSSR count). The highest BCUT2D eigenvalue weighted by atomic mass is 79.9. The van der Waals surface area contributed by atoms with Crippen LogP contribution < -0.4 is 10.9 Å². The van der Waals surface area contributed by atoms with Gasteiger partial charge < -0.3 is 5.32 Å². The van der Waals surface area contributed by atoms with E-state index < -0.39 is 0 Å². The van der Waals surface area contributed by atoms with Crippen molar-refractivity contribution in [2.45, 2.75) is 25.8 Å². The van der Waals surface area contributed by atoms with E-state index in [4.69, 9.17) is 11.6 Å². The number of aromatic nitrogens is 2. The van der Waals surface area contributed by atoms with Crippen LogP contribution in [0.4, 0.5) is 5.69 Å². The number of nitrogens with one attached hydrogen (secondary N) is 1. The van der Waals surface area contributed by atoms with E-state index in [-0.39, 0.29) is 5.56 Å². The number of nitrogens with zero attached hydrogens (tertiary/aromatic N) is 2. The van der Waals surface area contributed by atoms with Crippen LogP contribution in [-0.4, -0.2) is 16.3 Å². The van der Waals surface area contributed by atoms with E-state index in [9.17, 15) is 4.79 Å². The molecule has 18 heavy (non-hydrogen) atoms. The molecule has 1 N–H and O–H groups in total. The number of hydrogen-bond acceptors (Lipinski definition) is 3. The highest BCUT2D eigenvalue weighted by Crippen LogP contribution is 2.27. The number of hydrogen-bond donors (Lipinski definition) is 1. The molecule has 6 heteroatoms. The van der Waals surface area contributed by atoms with Crippen LogP contribution in [0.5, 0.6) is 0 Å². The molecule has 1 aromatic rings. The van der Waals surface area contributed by atoms with Gasteiger partial charge >= 0.3 is 0 Å². The number of rotatable bonds is 5. The molecule has 0 radical (unpaired) electrons. The molecule has 0 atom stereocenters. The lowest BCUT2D eigenvalue weighted by Crippen LogP contribution is -2.31. The zero-order chi connectivity index (χ0) is 13.1. The summed E-state index contributed by atoms with van der Waals surface area (Å²) in [6, 6.07) is 0. The topological polar surface area (TPSA) is 46.9 Å². The Labute approximate surface area is 119 Å². The van der Waals surface area contributed by atoms with Crippen molar-refractivity contribution in [1.29, 1.82) is 0 Å². The van der Waals surface area contributed by atoms with Crippen LogP contribution in [0.2, 0.25) is 5.02 Å². The Bertz CT molecular complexity index is 511. The second-order valence-electron chi connectivity index (χ2n) is 4.52. The fourth-order valence-corrected chi connectivity index (χ4v) is 2.19. The Balaban J connectivity index is 2.18. The SMILES string of the molecule is C=C(Br)CNc1c(Cl)cnn(CC2CCC2)c1=O. The van der Waals surface area contributed by atoms with Gasteiger partial charge in [-0.2, -0.15) is 5.10 Å². The first-order chi connectivity index (χ1) is 8.58. The minimum atomic E-state index is -0.164. The van der Waals surface area contributed by atoms with Gasteiger partial charge in [0.1, 0.15) is 5.69 Å². The summed E-state index contributed by atoms with van der Waals surface area (Å²) >= 11 is 9.22. The summed E-state index contributed by atoms with van der Waals surface area (Å²) in [4.78, 5) is 12.2. The summed E-state index contributed by atoms with van der Waals surface area (Å²) in [5.74, 6) is 0.579. The van der Waals surface area contributed by atoms with Crippen LogP contribution in [-0.2, 0) is 6.54 Å². The first-order valence-corrected chi connectivity index (χ1v) is 7.08. The van der Waals surface area contributed by atoms with Crippen LogP contribution in [0, 0.1) is 5.92 Å². The second kappa shape index (κ2) is 5.89. The predicted octanol–water partition coefficient (Wildman–Crippen LogP) is 3.02. The van der Waals surface area contributed by atoms with Crippen molar-refractivity contribution in [2.24, 2.45) is 5.92 Å². The van der Waals surface area contributed by atoms with E-state index in [0.717, 1.165) is 4.48 Å². The number of anilines is 1. The lowest BCUT2D eigenvalue weighted by atomic mass is 9.85. The van der Waals surface area contributed by atoms with Gasteiger partial charge in [-0.15, -0.1) is 0 Å². The minimum Gasteiger partial charge on any atom is -0.375 e. The summed E-state index contributed by atoms with van der Waals surface area (Å²) < 4.78 is 2.26. The van der Waals surface area contributed by atoms with Crippen LogP contribution in [0.1, 0.15) is 19.3 Å². The molecule has 1 aromatic heterocycles.